The molecule has 128 valence electrons. The quantitative estimate of drug-likeness (QED) is 0.870. The Morgan fingerprint density at radius 3 is 2.33 bits per heavy atom. The Balaban J connectivity index is 2.32. The van der Waals surface area contributed by atoms with E-state index < -0.39 is 10.0 Å². The van der Waals surface area contributed by atoms with Gasteiger partial charge in [0.15, 0.2) is 0 Å². The maximum absolute atomic E-state index is 12.5. The zero-order valence-corrected chi connectivity index (χ0v) is 14.8. The number of aryl methyl sites for hydroxylation is 2. The third kappa shape index (κ3) is 4.05. The molecule has 0 aliphatic heterocycles. The van der Waals surface area contributed by atoms with Crippen molar-refractivity contribution in [1.29, 1.82) is 0 Å². The lowest BCUT2D eigenvalue weighted by Crippen LogP contribution is -2.14. The van der Waals surface area contributed by atoms with Gasteiger partial charge in [0.05, 0.1) is 23.4 Å². The van der Waals surface area contributed by atoms with Crippen molar-refractivity contribution in [3.8, 4) is 5.75 Å². The zero-order valence-electron chi connectivity index (χ0n) is 14.0. The van der Waals surface area contributed by atoms with Crippen LogP contribution in [0.5, 0.6) is 5.75 Å². The van der Waals surface area contributed by atoms with Crippen LogP contribution in [0.2, 0.25) is 0 Å². The number of hydrogen-bond donors (Lipinski definition) is 2. The Hall–Kier alpha value is -2.54. The minimum absolute atomic E-state index is 0.190. The second-order valence-corrected chi connectivity index (χ2v) is 7.13. The van der Waals surface area contributed by atoms with Gasteiger partial charge in [-0.25, -0.2) is 8.42 Å². The smallest absolute Gasteiger partial charge is 0.261 e. The molecule has 0 saturated carbocycles. The van der Waals surface area contributed by atoms with E-state index in [2.05, 4.69) is 10.0 Å². The highest BCUT2D eigenvalue weighted by Gasteiger charge is 2.16. The standard InChI is InChI=1S/C17H20N2O4S/c1-11-5-7-15(9-12(11)2)24(21,22)19-14-6-8-16(18-13(3)20)17(10-14)23-4/h5-10,19H,1-4H3,(H,18,20). The van der Waals surface area contributed by atoms with E-state index in [0.29, 0.717) is 17.1 Å². The molecule has 7 heteroatoms. The molecular weight excluding hydrogens is 328 g/mol. The second kappa shape index (κ2) is 6.92. The van der Waals surface area contributed by atoms with Crippen molar-refractivity contribution in [1.82, 2.24) is 0 Å². The molecule has 2 N–H and O–H groups in total. The van der Waals surface area contributed by atoms with E-state index in [9.17, 15) is 13.2 Å². The molecule has 0 spiro atoms. The van der Waals surface area contributed by atoms with Crippen LogP contribution in [0.3, 0.4) is 0 Å². The predicted molar refractivity (Wildman–Crippen MR) is 94.0 cm³/mol. The minimum atomic E-state index is -3.71. The zero-order chi connectivity index (χ0) is 17.9. The molecule has 0 radical (unpaired) electrons. The van der Waals surface area contributed by atoms with Crippen LogP contribution in [0.1, 0.15) is 18.1 Å². The van der Waals surface area contributed by atoms with Crippen molar-refractivity contribution in [3.05, 3.63) is 47.5 Å². The van der Waals surface area contributed by atoms with Crippen molar-refractivity contribution in [2.24, 2.45) is 0 Å². The van der Waals surface area contributed by atoms with Gasteiger partial charge in [0, 0.05) is 13.0 Å². The van der Waals surface area contributed by atoms with Crippen molar-refractivity contribution in [2.45, 2.75) is 25.7 Å². The van der Waals surface area contributed by atoms with Crippen LogP contribution >= 0.6 is 0 Å². The molecule has 0 aliphatic rings. The number of ether oxygens (including phenoxy) is 1. The number of nitrogens with one attached hydrogen (secondary N) is 2. The predicted octanol–water partition coefficient (Wildman–Crippen LogP) is 3.07. The van der Waals surface area contributed by atoms with Gasteiger partial charge in [-0.15, -0.1) is 0 Å². The van der Waals surface area contributed by atoms with E-state index in [0.717, 1.165) is 11.1 Å². The number of hydrogen-bond acceptors (Lipinski definition) is 4. The molecule has 0 unspecified atom stereocenters. The van der Waals surface area contributed by atoms with Crippen LogP contribution in [0.4, 0.5) is 11.4 Å². The highest BCUT2D eigenvalue weighted by molar-refractivity contribution is 7.92. The summed E-state index contributed by atoms with van der Waals surface area (Å²) in [5, 5.41) is 2.62. The highest BCUT2D eigenvalue weighted by Crippen LogP contribution is 2.29. The summed E-state index contributed by atoms with van der Waals surface area (Å²) in [6.07, 6.45) is 0. The molecule has 0 aliphatic carbocycles. The summed E-state index contributed by atoms with van der Waals surface area (Å²) < 4.78 is 32.7. The number of benzene rings is 2. The normalized spacial score (nSPS) is 11.0. The third-order valence-corrected chi connectivity index (χ3v) is 4.93. The summed E-state index contributed by atoms with van der Waals surface area (Å²) in [6.45, 7) is 5.17. The molecule has 1 amide bonds. The van der Waals surface area contributed by atoms with E-state index in [4.69, 9.17) is 4.74 Å². The first-order valence-electron chi connectivity index (χ1n) is 7.28. The summed E-state index contributed by atoms with van der Waals surface area (Å²) in [4.78, 5) is 11.4. The SMILES string of the molecule is COc1cc(NS(=O)(=O)c2ccc(C)c(C)c2)ccc1NC(C)=O. The Kier molecular flexibility index (Phi) is 5.14. The first-order valence-corrected chi connectivity index (χ1v) is 8.77. The van der Waals surface area contributed by atoms with Crippen LogP contribution in [0.25, 0.3) is 0 Å². The molecule has 2 aromatic rings. The molecule has 24 heavy (non-hydrogen) atoms. The summed E-state index contributed by atoms with van der Waals surface area (Å²) in [5.41, 5.74) is 2.74. The van der Waals surface area contributed by atoms with E-state index in [-0.39, 0.29) is 10.8 Å². The van der Waals surface area contributed by atoms with Gasteiger partial charge in [-0.1, -0.05) is 6.07 Å². The number of methoxy groups -OCH3 is 1. The second-order valence-electron chi connectivity index (χ2n) is 5.45. The van der Waals surface area contributed by atoms with Gasteiger partial charge in [0.25, 0.3) is 10.0 Å². The van der Waals surface area contributed by atoms with Gasteiger partial charge in [0.1, 0.15) is 5.75 Å². The first-order chi connectivity index (χ1) is 11.2. The molecular formula is C17H20N2O4S. The molecule has 0 bridgehead atoms. The van der Waals surface area contributed by atoms with Crippen LogP contribution < -0.4 is 14.8 Å². The van der Waals surface area contributed by atoms with E-state index >= 15 is 0 Å². The minimum Gasteiger partial charge on any atom is -0.494 e. The average molecular weight is 348 g/mol. The van der Waals surface area contributed by atoms with Crippen LogP contribution in [-0.2, 0) is 14.8 Å². The lowest BCUT2D eigenvalue weighted by atomic mass is 10.1. The van der Waals surface area contributed by atoms with E-state index in [1.54, 1.807) is 30.3 Å². The number of anilines is 2. The average Bonchev–Trinajstić information content (AvgIpc) is 2.50. The van der Waals surface area contributed by atoms with Gasteiger partial charge in [0.2, 0.25) is 5.91 Å². The van der Waals surface area contributed by atoms with E-state index in [1.165, 1.54) is 20.1 Å². The van der Waals surface area contributed by atoms with Crippen molar-refractivity contribution >= 4 is 27.3 Å². The van der Waals surface area contributed by atoms with Crippen molar-refractivity contribution in [3.63, 3.8) is 0 Å². The molecule has 6 nitrogen and oxygen atoms in total. The Morgan fingerprint density at radius 1 is 1.04 bits per heavy atom. The fraction of sp³-hybridized carbons (Fsp3) is 0.235. The van der Waals surface area contributed by atoms with E-state index in [1.807, 2.05) is 13.8 Å². The fourth-order valence-electron chi connectivity index (χ4n) is 2.14. The molecule has 2 rings (SSSR count). The lowest BCUT2D eigenvalue weighted by molar-refractivity contribution is -0.114. The van der Waals surface area contributed by atoms with Gasteiger partial charge >= 0.3 is 0 Å². The monoisotopic (exact) mass is 348 g/mol. The van der Waals surface area contributed by atoms with Crippen LogP contribution in [0.15, 0.2) is 41.3 Å². The largest absolute Gasteiger partial charge is 0.494 e. The number of amides is 1. The molecule has 0 atom stereocenters. The van der Waals surface area contributed by atoms with Gasteiger partial charge in [-0.2, -0.15) is 0 Å². The summed E-state index contributed by atoms with van der Waals surface area (Å²) in [5.74, 6) is 0.127. The van der Waals surface area contributed by atoms with Crippen LogP contribution in [-0.4, -0.2) is 21.4 Å². The highest BCUT2D eigenvalue weighted by atomic mass is 32.2. The van der Waals surface area contributed by atoms with Crippen molar-refractivity contribution in [2.75, 3.05) is 17.1 Å². The number of rotatable bonds is 5. The first kappa shape index (κ1) is 17.8. The summed E-state index contributed by atoms with van der Waals surface area (Å²) >= 11 is 0. The summed E-state index contributed by atoms with van der Waals surface area (Å²) in [7, 11) is -2.26. The Labute approximate surface area is 141 Å². The molecule has 0 heterocycles. The van der Waals surface area contributed by atoms with Crippen molar-refractivity contribution < 1.29 is 17.9 Å². The fourth-order valence-corrected chi connectivity index (χ4v) is 3.28. The van der Waals surface area contributed by atoms with Gasteiger partial charge in [-0.3, -0.25) is 9.52 Å². The molecule has 0 fully saturated rings. The maximum atomic E-state index is 12.5. The van der Waals surface area contributed by atoms with Gasteiger partial charge in [-0.05, 0) is 49.2 Å². The Bertz CT molecular complexity index is 876. The maximum Gasteiger partial charge on any atom is 0.261 e. The lowest BCUT2D eigenvalue weighted by Gasteiger charge is -2.13. The van der Waals surface area contributed by atoms with Gasteiger partial charge < -0.3 is 10.1 Å². The number of sulfonamides is 1. The third-order valence-electron chi connectivity index (χ3n) is 3.55. The topological polar surface area (TPSA) is 84.5 Å². The van der Waals surface area contributed by atoms with Crippen LogP contribution in [0, 0.1) is 13.8 Å². The molecule has 0 saturated heterocycles. The summed E-state index contributed by atoms with van der Waals surface area (Å²) in [6, 6.07) is 9.62. The Morgan fingerprint density at radius 2 is 1.75 bits per heavy atom. The number of carbonyl (C=O) groups is 1. The molecule has 0 aromatic heterocycles. The number of carbonyl (C=O) groups excluding carboxylic acids is 1. The molecule has 2 aromatic carbocycles.